The first kappa shape index (κ1) is 17.9. The number of aromatic nitrogens is 2. The molecule has 1 amide bonds. The van der Waals surface area contributed by atoms with Crippen molar-refractivity contribution in [3.63, 3.8) is 0 Å². The maximum absolute atomic E-state index is 12.2. The van der Waals surface area contributed by atoms with E-state index in [4.69, 9.17) is 9.26 Å². The number of benzene rings is 2. The average Bonchev–Trinajstić information content (AvgIpc) is 3.37. The Kier molecular flexibility index (Phi) is 5.14. The lowest BCUT2D eigenvalue weighted by Crippen LogP contribution is -2.23. The van der Waals surface area contributed by atoms with E-state index in [9.17, 15) is 9.59 Å². The highest BCUT2D eigenvalue weighted by molar-refractivity contribution is 5.89. The number of carbonyl (C=O) groups excluding carboxylic acids is 2. The van der Waals surface area contributed by atoms with E-state index in [1.807, 2.05) is 47.4 Å². The summed E-state index contributed by atoms with van der Waals surface area (Å²) < 4.78 is 10.4. The van der Waals surface area contributed by atoms with Gasteiger partial charge >= 0.3 is 5.97 Å². The Hall–Kier alpha value is -3.48. The molecular formula is C21H19N3O4. The largest absolute Gasteiger partial charge is 0.452 e. The van der Waals surface area contributed by atoms with Gasteiger partial charge in [0.15, 0.2) is 6.61 Å². The second-order valence-electron chi connectivity index (χ2n) is 6.57. The average molecular weight is 377 g/mol. The van der Waals surface area contributed by atoms with E-state index in [-0.39, 0.29) is 18.4 Å². The lowest BCUT2D eigenvalue weighted by Gasteiger charge is -2.15. The maximum atomic E-state index is 12.2. The lowest BCUT2D eigenvalue weighted by atomic mass is 10.1. The molecule has 0 N–H and O–H groups in total. The van der Waals surface area contributed by atoms with Crippen LogP contribution in [0.2, 0.25) is 0 Å². The van der Waals surface area contributed by atoms with Gasteiger partial charge in [-0.1, -0.05) is 47.6 Å². The first-order valence-corrected chi connectivity index (χ1v) is 9.11. The van der Waals surface area contributed by atoms with Crippen LogP contribution in [0.3, 0.4) is 0 Å². The second-order valence-corrected chi connectivity index (χ2v) is 6.57. The van der Waals surface area contributed by atoms with Gasteiger partial charge in [-0.15, -0.1) is 0 Å². The third-order valence-electron chi connectivity index (χ3n) is 4.56. The molecule has 1 saturated heterocycles. The maximum Gasteiger partial charge on any atom is 0.338 e. The molecule has 2 aromatic carbocycles. The molecule has 0 spiro atoms. The Balaban J connectivity index is 1.32. The molecule has 0 atom stereocenters. The van der Waals surface area contributed by atoms with Crippen LogP contribution >= 0.6 is 0 Å². The first-order valence-electron chi connectivity index (χ1n) is 9.11. The molecule has 2 heterocycles. The van der Waals surface area contributed by atoms with Crippen molar-refractivity contribution < 1.29 is 18.8 Å². The molecule has 0 bridgehead atoms. The monoisotopic (exact) mass is 377 g/mol. The minimum absolute atomic E-state index is 0.0945. The minimum atomic E-state index is -0.469. The number of ether oxygens (including phenoxy) is 1. The highest BCUT2D eigenvalue weighted by Gasteiger charge is 2.20. The van der Waals surface area contributed by atoms with Gasteiger partial charge in [-0.3, -0.25) is 4.79 Å². The van der Waals surface area contributed by atoms with Crippen molar-refractivity contribution in [2.45, 2.75) is 26.0 Å². The van der Waals surface area contributed by atoms with E-state index in [0.29, 0.717) is 24.4 Å². The Morgan fingerprint density at radius 2 is 1.89 bits per heavy atom. The highest BCUT2D eigenvalue weighted by Crippen LogP contribution is 2.17. The lowest BCUT2D eigenvalue weighted by molar-refractivity contribution is -0.128. The van der Waals surface area contributed by atoms with Gasteiger partial charge < -0.3 is 14.2 Å². The zero-order chi connectivity index (χ0) is 19.3. The predicted octanol–water partition coefficient (Wildman–Crippen LogP) is 3.22. The molecule has 28 heavy (non-hydrogen) atoms. The standard InChI is InChI=1S/C21H19N3O4/c25-19-7-4-12-24(19)13-15-8-10-17(11-9-15)21(26)27-14-18-22-20(23-28-18)16-5-2-1-3-6-16/h1-3,5-6,8-11H,4,7,12-14H2. The van der Waals surface area contributed by atoms with E-state index in [1.165, 1.54) is 0 Å². The van der Waals surface area contributed by atoms with Gasteiger partial charge in [0.25, 0.3) is 5.89 Å². The normalized spacial score (nSPS) is 13.7. The molecule has 1 aliphatic heterocycles. The molecule has 1 aliphatic rings. The van der Waals surface area contributed by atoms with E-state index < -0.39 is 5.97 Å². The van der Waals surface area contributed by atoms with Crippen LogP contribution in [0.4, 0.5) is 0 Å². The number of carbonyl (C=O) groups is 2. The van der Waals surface area contributed by atoms with Crippen LogP contribution in [-0.2, 0) is 22.7 Å². The number of hydrogen-bond donors (Lipinski definition) is 0. The van der Waals surface area contributed by atoms with Crippen LogP contribution in [0.25, 0.3) is 11.4 Å². The van der Waals surface area contributed by atoms with Crippen molar-refractivity contribution in [1.82, 2.24) is 15.0 Å². The first-order chi connectivity index (χ1) is 13.7. The Labute approximate surface area is 161 Å². The van der Waals surface area contributed by atoms with E-state index >= 15 is 0 Å². The topological polar surface area (TPSA) is 85.5 Å². The predicted molar refractivity (Wildman–Crippen MR) is 99.9 cm³/mol. The molecule has 1 aromatic heterocycles. The van der Waals surface area contributed by atoms with E-state index in [0.717, 1.165) is 24.1 Å². The zero-order valence-corrected chi connectivity index (χ0v) is 15.2. The van der Waals surface area contributed by atoms with Crippen molar-refractivity contribution in [3.05, 3.63) is 71.6 Å². The number of likely N-dealkylation sites (tertiary alicyclic amines) is 1. The number of nitrogens with zero attached hydrogens (tertiary/aromatic N) is 3. The fourth-order valence-electron chi connectivity index (χ4n) is 3.07. The Bertz CT molecular complexity index is 967. The van der Waals surface area contributed by atoms with Crippen molar-refractivity contribution in [3.8, 4) is 11.4 Å². The van der Waals surface area contributed by atoms with Crippen LogP contribution in [0.5, 0.6) is 0 Å². The quantitative estimate of drug-likeness (QED) is 0.613. The summed E-state index contributed by atoms with van der Waals surface area (Å²) in [5, 5.41) is 3.89. The summed E-state index contributed by atoms with van der Waals surface area (Å²) in [6, 6.07) is 16.5. The number of esters is 1. The molecule has 0 unspecified atom stereocenters. The van der Waals surface area contributed by atoms with Crippen molar-refractivity contribution in [1.29, 1.82) is 0 Å². The van der Waals surface area contributed by atoms with Gasteiger partial charge in [0, 0.05) is 25.1 Å². The van der Waals surface area contributed by atoms with Gasteiger partial charge in [0.1, 0.15) is 0 Å². The van der Waals surface area contributed by atoms with Gasteiger partial charge in [0.2, 0.25) is 11.7 Å². The van der Waals surface area contributed by atoms with Crippen LogP contribution in [-0.4, -0.2) is 33.5 Å². The van der Waals surface area contributed by atoms with Crippen LogP contribution in [0.1, 0.15) is 34.7 Å². The van der Waals surface area contributed by atoms with Gasteiger partial charge in [-0.25, -0.2) is 4.79 Å². The van der Waals surface area contributed by atoms with Crippen LogP contribution in [0, 0.1) is 0 Å². The summed E-state index contributed by atoms with van der Waals surface area (Å²) in [4.78, 5) is 30.0. The third kappa shape index (κ3) is 4.09. The van der Waals surface area contributed by atoms with Crippen molar-refractivity contribution in [2.24, 2.45) is 0 Å². The third-order valence-corrected chi connectivity index (χ3v) is 4.56. The molecule has 1 fully saturated rings. The summed E-state index contributed by atoms with van der Waals surface area (Å²) in [7, 11) is 0. The molecule has 0 aliphatic carbocycles. The molecule has 7 heteroatoms. The summed E-state index contributed by atoms with van der Waals surface area (Å²) in [5.41, 5.74) is 2.24. The summed E-state index contributed by atoms with van der Waals surface area (Å²) >= 11 is 0. The number of amides is 1. The SMILES string of the molecule is O=C(OCc1nc(-c2ccccc2)no1)c1ccc(CN2CCCC2=O)cc1. The fourth-order valence-corrected chi connectivity index (χ4v) is 3.07. The van der Waals surface area contributed by atoms with Gasteiger partial charge in [0.05, 0.1) is 5.56 Å². The summed E-state index contributed by atoms with van der Waals surface area (Å²) in [5.74, 6) is 0.394. The van der Waals surface area contributed by atoms with Gasteiger partial charge in [-0.2, -0.15) is 4.98 Å². The van der Waals surface area contributed by atoms with E-state index in [1.54, 1.807) is 12.1 Å². The second kappa shape index (κ2) is 8.04. The summed E-state index contributed by atoms with van der Waals surface area (Å²) in [6.45, 7) is 1.26. The molecule has 4 rings (SSSR count). The number of hydrogen-bond acceptors (Lipinski definition) is 6. The van der Waals surface area contributed by atoms with Crippen molar-refractivity contribution >= 4 is 11.9 Å². The Morgan fingerprint density at radius 1 is 1.11 bits per heavy atom. The molecular weight excluding hydrogens is 358 g/mol. The highest BCUT2D eigenvalue weighted by atomic mass is 16.6. The number of rotatable bonds is 6. The zero-order valence-electron chi connectivity index (χ0n) is 15.2. The molecule has 0 saturated carbocycles. The van der Waals surface area contributed by atoms with Gasteiger partial charge in [-0.05, 0) is 24.1 Å². The van der Waals surface area contributed by atoms with Crippen molar-refractivity contribution in [2.75, 3.05) is 6.54 Å². The van der Waals surface area contributed by atoms with Crippen LogP contribution < -0.4 is 0 Å². The molecule has 142 valence electrons. The molecule has 3 aromatic rings. The van der Waals surface area contributed by atoms with E-state index in [2.05, 4.69) is 10.1 Å². The smallest absolute Gasteiger partial charge is 0.338 e. The molecule has 7 nitrogen and oxygen atoms in total. The van der Waals surface area contributed by atoms with Crippen LogP contribution in [0.15, 0.2) is 59.1 Å². The minimum Gasteiger partial charge on any atom is -0.452 e. The Morgan fingerprint density at radius 3 is 2.61 bits per heavy atom. The summed E-state index contributed by atoms with van der Waals surface area (Å²) in [6.07, 6.45) is 1.52. The fraction of sp³-hybridized carbons (Fsp3) is 0.238. The molecule has 0 radical (unpaired) electrons.